The quantitative estimate of drug-likeness (QED) is 0.555. The topological polar surface area (TPSA) is 25.2 Å². The van der Waals surface area contributed by atoms with Gasteiger partial charge in [0.2, 0.25) is 0 Å². The molecule has 0 fully saturated rings. The van der Waals surface area contributed by atoms with Crippen LogP contribution < -0.4 is 5.32 Å². The zero-order valence-corrected chi connectivity index (χ0v) is 12.1. The van der Waals surface area contributed by atoms with E-state index in [0.29, 0.717) is 6.04 Å². The molecule has 0 aliphatic rings. The Morgan fingerprint density at radius 2 is 1.78 bits per heavy atom. The largest absolute Gasteiger partial charge is 0.472 e. The van der Waals surface area contributed by atoms with Crippen molar-refractivity contribution in [3.05, 3.63) is 24.2 Å². The second-order valence-electron chi connectivity index (χ2n) is 5.08. The van der Waals surface area contributed by atoms with Gasteiger partial charge in [0.25, 0.3) is 0 Å². The molecule has 1 aromatic rings. The van der Waals surface area contributed by atoms with Crippen molar-refractivity contribution < 1.29 is 4.42 Å². The van der Waals surface area contributed by atoms with Crippen LogP contribution in [0.2, 0.25) is 0 Å². The molecule has 104 valence electrons. The number of hydrogen-bond donors (Lipinski definition) is 1. The van der Waals surface area contributed by atoms with E-state index in [4.69, 9.17) is 4.42 Å². The van der Waals surface area contributed by atoms with E-state index >= 15 is 0 Å². The van der Waals surface area contributed by atoms with Crippen LogP contribution >= 0.6 is 0 Å². The molecule has 1 unspecified atom stereocenters. The smallest absolute Gasteiger partial charge is 0.0950 e. The van der Waals surface area contributed by atoms with E-state index in [2.05, 4.69) is 25.2 Å². The van der Waals surface area contributed by atoms with Crippen LogP contribution in [-0.4, -0.2) is 6.54 Å². The summed E-state index contributed by atoms with van der Waals surface area (Å²) in [5, 5.41) is 3.54. The predicted molar refractivity (Wildman–Crippen MR) is 77.7 cm³/mol. The minimum Gasteiger partial charge on any atom is -0.472 e. The van der Waals surface area contributed by atoms with Crippen LogP contribution in [0.5, 0.6) is 0 Å². The van der Waals surface area contributed by atoms with Gasteiger partial charge in [0.1, 0.15) is 0 Å². The normalized spacial score (nSPS) is 12.8. The molecular formula is C16H29NO. The van der Waals surface area contributed by atoms with Crippen molar-refractivity contribution in [1.29, 1.82) is 0 Å². The Balaban J connectivity index is 2.11. The molecule has 0 aliphatic heterocycles. The van der Waals surface area contributed by atoms with Crippen molar-refractivity contribution in [2.24, 2.45) is 0 Å². The zero-order chi connectivity index (χ0) is 13.1. The van der Waals surface area contributed by atoms with Crippen molar-refractivity contribution in [3.63, 3.8) is 0 Å². The van der Waals surface area contributed by atoms with Crippen molar-refractivity contribution in [2.45, 2.75) is 71.3 Å². The van der Waals surface area contributed by atoms with E-state index in [1.54, 1.807) is 6.26 Å². The zero-order valence-electron chi connectivity index (χ0n) is 12.1. The van der Waals surface area contributed by atoms with Crippen LogP contribution in [0.15, 0.2) is 23.0 Å². The number of furan rings is 1. The van der Waals surface area contributed by atoms with Gasteiger partial charge >= 0.3 is 0 Å². The third kappa shape index (κ3) is 6.25. The average molecular weight is 251 g/mol. The van der Waals surface area contributed by atoms with Crippen LogP contribution in [-0.2, 0) is 0 Å². The van der Waals surface area contributed by atoms with Crippen LogP contribution in [0.3, 0.4) is 0 Å². The molecule has 2 heteroatoms. The van der Waals surface area contributed by atoms with Gasteiger partial charge < -0.3 is 9.73 Å². The summed E-state index contributed by atoms with van der Waals surface area (Å²) in [7, 11) is 0. The van der Waals surface area contributed by atoms with Crippen molar-refractivity contribution in [2.75, 3.05) is 6.54 Å². The van der Waals surface area contributed by atoms with E-state index in [0.717, 1.165) is 6.54 Å². The molecule has 18 heavy (non-hydrogen) atoms. The van der Waals surface area contributed by atoms with Crippen molar-refractivity contribution in [3.8, 4) is 0 Å². The first kappa shape index (κ1) is 15.3. The molecule has 1 heterocycles. The summed E-state index contributed by atoms with van der Waals surface area (Å²) < 4.78 is 5.17. The lowest BCUT2D eigenvalue weighted by atomic mass is 10.0. The first-order valence-electron chi connectivity index (χ1n) is 7.64. The Hall–Kier alpha value is -0.760. The first-order valence-corrected chi connectivity index (χ1v) is 7.64. The van der Waals surface area contributed by atoms with E-state index < -0.39 is 0 Å². The SMILES string of the molecule is CCCCCCCCCC(NCC)c1ccoc1. The van der Waals surface area contributed by atoms with E-state index in [1.165, 1.54) is 56.9 Å². The Kier molecular flexibility index (Phi) is 8.66. The molecule has 1 aromatic heterocycles. The highest BCUT2D eigenvalue weighted by Gasteiger charge is 2.10. The monoisotopic (exact) mass is 251 g/mol. The molecule has 0 bridgehead atoms. The Morgan fingerprint density at radius 1 is 1.06 bits per heavy atom. The van der Waals surface area contributed by atoms with Crippen molar-refractivity contribution >= 4 is 0 Å². The molecule has 0 aliphatic carbocycles. The summed E-state index contributed by atoms with van der Waals surface area (Å²) in [5.41, 5.74) is 1.29. The summed E-state index contributed by atoms with van der Waals surface area (Å²) in [6.45, 7) is 5.45. The van der Waals surface area contributed by atoms with Crippen LogP contribution in [0, 0.1) is 0 Å². The maximum atomic E-state index is 5.17. The third-order valence-electron chi connectivity index (χ3n) is 3.49. The summed E-state index contributed by atoms with van der Waals surface area (Å²) in [6, 6.07) is 2.55. The summed E-state index contributed by atoms with van der Waals surface area (Å²) >= 11 is 0. The fraction of sp³-hybridized carbons (Fsp3) is 0.750. The number of unbranched alkanes of at least 4 members (excludes halogenated alkanes) is 6. The maximum absolute atomic E-state index is 5.17. The van der Waals surface area contributed by atoms with Gasteiger partial charge in [0, 0.05) is 11.6 Å². The standard InChI is InChI=1S/C16H29NO/c1-3-5-6-7-8-9-10-11-16(17-4-2)15-12-13-18-14-15/h12-14,16-17H,3-11H2,1-2H3. The van der Waals surface area contributed by atoms with Gasteiger partial charge in [-0.15, -0.1) is 0 Å². The van der Waals surface area contributed by atoms with Gasteiger partial charge in [-0.1, -0.05) is 58.8 Å². The lowest BCUT2D eigenvalue weighted by Gasteiger charge is -2.16. The van der Waals surface area contributed by atoms with Gasteiger partial charge in [-0.25, -0.2) is 0 Å². The summed E-state index contributed by atoms with van der Waals surface area (Å²) in [4.78, 5) is 0. The highest BCUT2D eigenvalue weighted by molar-refractivity contribution is 5.11. The highest BCUT2D eigenvalue weighted by atomic mass is 16.3. The molecule has 0 spiro atoms. The Morgan fingerprint density at radius 3 is 2.39 bits per heavy atom. The van der Waals surface area contributed by atoms with Gasteiger partial charge in [-0.3, -0.25) is 0 Å². The lowest BCUT2D eigenvalue weighted by molar-refractivity contribution is 0.469. The fourth-order valence-corrected chi connectivity index (χ4v) is 2.41. The first-order chi connectivity index (χ1) is 8.88. The van der Waals surface area contributed by atoms with E-state index in [9.17, 15) is 0 Å². The van der Waals surface area contributed by atoms with Gasteiger partial charge in [0.05, 0.1) is 12.5 Å². The minimum atomic E-state index is 0.476. The van der Waals surface area contributed by atoms with Crippen LogP contribution in [0.1, 0.15) is 76.8 Å². The molecule has 0 amide bonds. The molecule has 1 atom stereocenters. The molecule has 0 saturated heterocycles. The molecule has 2 nitrogen and oxygen atoms in total. The Labute approximate surface area is 112 Å². The fourth-order valence-electron chi connectivity index (χ4n) is 2.41. The second-order valence-corrected chi connectivity index (χ2v) is 5.08. The van der Waals surface area contributed by atoms with Crippen molar-refractivity contribution in [1.82, 2.24) is 5.32 Å². The predicted octanol–water partition coefficient (Wildman–Crippen LogP) is 5.07. The van der Waals surface area contributed by atoms with Crippen LogP contribution in [0.4, 0.5) is 0 Å². The van der Waals surface area contributed by atoms with E-state index in [-0.39, 0.29) is 0 Å². The number of nitrogens with one attached hydrogen (secondary N) is 1. The lowest BCUT2D eigenvalue weighted by Crippen LogP contribution is -2.20. The molecule has 0 saturated carbocycles. The average Bonchev–Trinajstić information content (AvgIpc) is 2.90. The Bertz CT molecular complexity index is 269. The summed E-state index contributed by atoms with van der Waals surface area (Å²) in [5.74, 6) is 0. The highest BCUT2D eigenvalue weighted by Crippen LogP contribution is 2.20. The third-order valence-corrected chi connectivity index (χ3v) is 3.49. The van der Waals surface area contributed by atoms with Gasteiger partial charge in [0.15, 0.2) is 0 Å². The van der Waals surface area contributed by atoms with E-state index in [1.807, 2.05) is 6.26 Å². The molecular weight excluding hydrogens is 222 g/mol. The minimum absolute atomic E-state index is 0.476. The van der Waals surface area contributed by atoms with Crippen LogP contribution in [0.25, 0.3) is 0 Å². The molecule has 0 radical (unpaired) electrons. The molecule has 0 aromatic carbocycles. The molecule has 1 rings (SSSR count). The number of rotatable bonds is 11. The number of hydrogen-bond acceptors (Lipinski definition) is 2. The van der Waals surface area contributed by atoms with Gasteiger partial charge in [-0.05, 0) is 19.0 Å². The summed E-state index contributed by atoms with van der Waals surface area (Å²) in [6.07, 6.45) is 14.5. The molecule has 1 N–H and O–H groups in total. The second kappa shape index (κ2) is 10.2. The van der Waals surface area contributed by atoms with Gasteiger partial charge in [-0.2, -0.15) is 0 Å². The maximum Gasteiger partial charge on any atom is 0.0950 e.